The van der Waals surface area contributed by atoms with Crippen molar-refractivity contribution in [3.05, 3.63) is 34.9 Å². The van der Waals surface area contributed by atoms with E-state index < -0.39 is 5.91 Å². The van der Waals surface area contributed by atoms with Crippen LogP contribution in [0.2, 0.25) is 5.02 Å². The molecule has 0 saturated carbocycles. The average Bonchev–Trinajstić information content (AvgIpc) is 1.88. The molecule has 1 aromatic rings. The zero-order chi connectivity index (χ0) is 7.56. The fourth-order valence-electron chi connectivity index (χ4n) is 0.614. The molecule has 3 heteroatoms. The molecule has 0 aliphatic rings. The summed E-state index contributed by atoms with van der Waals surface area (Å²) >= 11 is 5.56. The van der Waals surface area contributed by atoms with Gasteiger partial charge in [-0.3, -0.25) is 4.79 Å². The first-order valence-corrected chi connectivity index (χ1v) is 3.13. The molecule has 2 N–H and O–H groups in total. The van der Waals surface area contributed by atoms with Gasteiger partial charge in [0.25, 0.3) is 0 Å². The quantitative estimate of drug-likeness (QED) is 0.615. The van der Waals surface area contributed by atoms with Gasteiger partial charge >= 0.3 is 0 Å². The van der Waals surface area contributed by atoms with E-state index in [4.69, 9.17) is 17.3 Å². The molecular weight excluding hydrogens is 151 g/mol. The Labute approximate surface area is 63.6 Å². The number of primary amides is 1. The van der Waals surface area contributed by atoms with Crippen molar-refractivity contribution in [2.45, 2.75) is 0 Å². The normalized spacial score (nSPS) is 9.30. The van der Waals surface area contributed by atoms with Crippen molar-refractivity contribution in [1.29, 1.82) is 0 Å². The van der Waals surface area contributed by atoms with Crippen LogP contribution in [-0.2, 0) is 0 Å². The van der Waals surface area contributed by atoms with Crippen LogP contribution in [0.4, 0.5) is 0 Å². The van der Waals surface area contributed by atoms with Crippen molar-refractivity contribution < 1.29 is 4.79 Å². The van der Waals surface area contributed by atoms with Gasteiger partial charge in [-0.1, -0.05) is 11.6 Å². The summed E-state index contributed by atoms with van der Waals surface area (Å²) in [5, 5.41) is 0.602. The lowest BCUT2D eigenvalue weighted by atomic mass is 10.2. The standard InChI is InChI=1S/C7H6ClNO/c8-6-3-1-5(2-4-6)7(9)10/h1-4H,(H2,9,10)/i9+1. The number of hydrogen-bond donors (Lipinski definition) is 1. The van der Waals surface area contributed by atoms with E-state index in [1.54, 1.807) is 24.3 Å². The van der Waals surface area contributed by atoms with Gasteiger partial charge in [0.2, 0.25) is 5.91 Å². The minimum Gasteiger partial charge on any atom is -0.366 e. The molecule has 0 bridgehead atoms. The van der Waals surface area contributed by atoms with E-state index in [1.807, 2.05) is 0 Å². The van der Waals surface area contributed by atoms with Crippen LogP contribution in [0.5, 0.6) is 0 Å². The number of halogens is 1. The van der Waals surface area contributed by atoms with Gasteiger partial charge in [0.1, 0.15) is 0 Å². The van der Waals surface area contributed by atoms with Crippen LogP contribution in [0, 0.1) is 0 Å². The maximum atomic E-state index is 10.5. The fraction of sp³-hybridized carbons (Fsp3) is 0. The van der Waals surface area contributed by atoms with Crippen molar-refractivity contribution in [1.82, 2.24) is 0 Å². The molecule has 0 aliphatic heterocycles. The lowest BCUT2D eigenvalue weighted by Gasteiger charge is -1.92. The summed E-state index contributed by atoms with van der Waals surface area (Å²) < 4.78 is 0. The van der Waals surface area contributed by atoms with Gasteiger partial charge in [0.05, 0.1) is 0 Å². The van der Waals surface area contributed by atoms with Crippen LogP contribution in [0.15, 0.2) is 24.3 Å². The molecule has 1 rings (SSSR count). The summed E-state index contributed by atoms with van der Waals surface area (Å²) in [6.45, 7) is 0. The predicted octanol–water partition coefficient (Wildman–Crippen LogP) is 1.44. The number of carbonyl (C=O) groups excluding carboxylic acids is 1. The molecule has 2 nitrogen and oxygen atoms in total. The molecule has 0 atom stereocenters. The van der Waals surface area contributed by atoms with Crippen molar-refractivity contribution in [3.8, 4) is 0 Å². The smallest absolute Gasteiger partial charge is 0.248 e. The molecule has 1 amide bonds. The second-order valence-electron chi connectivity index (χ2n) is 1.87. The predicted molar refractivity (Wildman–Crippen MR) is 40.0 cm³/mol. The van der Waals surface area contributed by atoms with Gasteiger partial charge in [-0.25, -0.2) is 0 Å². The van der Waals surface area contributed by atoms with E-state index in [1.165, 1.54) is 0 Å². The Balaban J connectivity index is 3.00. The maximum Gasteiger partial charge on any atom is 0.248 e. The van der Waals surface area contributed by atoms with Crippen LogP contribution >= 0.6 is 11.6 Å². The highest BCUT2D eigenvalue weighted by molar-refractivity contribution is 6.30. The first kappa shape index (κ1) is 7.09. The number of rotatable bonds is 1. The molecule has 0 saturated heterocycles. The zero-order valence-electron chi connectivity index (χ0n) is 5.17. The lowest BCUT2D eigenvalue weighted by molar-refractivity contribution is 0.100. The SMILES string of the molecule is [15NH2]C(=O)c1ccc(Cl)cc1. The Morgan fingerprint density at radius 2 is 1.80 bits per heavy atom. The summed E-state index contributed by atoms with van der Waals surface area (Å²) in [7, 11) is 0. The van der Waals surface area contributed by atoms with Crippen LogP contribution in [-0.4, -0.2) is 5.91 Å². The minimum atomic E-state index is -0.434. The molecule has 0 heterocycles. The zero-order valence-corrected chi connectivity index (χ0v) is 5.93. The minimum absolute atomic E-state index is 0.434. The third kappa shape index (κ3) is 1.48. The number of hydrogen-bond acceptors (Lipinski definition) is 1. The van der Waals surface area contributed by atoms with E-state index in [9.17, 15) is 4.79 Å². The Bertz CT molecular complexity index is 242. The second kappa shape index (κ2) is 2.71. The van der Waals surface area contributed by atoms with Gasteiger partial charge in [0.15, 0.2) is 0 Å². The van der Waals surface area contributed by atoms with Crippen LogP contribution in [0.1, 0.15) is 10.4 Å². The number of nitrogens with two attached hydrogens (primary N) is 1. The molecule has 10 heavy (non-hydrogen) atoms. The van der Waals surface area contributed by atoms with Gasteiger partial charge in [-0.2, -0.15) is 0 Å². The van der Waals surface area contributed by atoms with Gasteiger partial charge in [0, 0.05) is 10.6 Å². The topological polar surface area (TPSA) is 43.1 Å². The maximum absolute atomic E-state index is 10.5. The highest BCUT2D eigenvalue weighted by Gasteiger charge is 1.96. The molecule has 0 unspecified atom stereocenters. The average molecular weight is 157 g/mol. The van der Waals surface area contributed by atoms with E-state index in [2.05, 4.69) is 0 Å². The molecule has 0 fully saturated rings. The lowest BCUT2D eigenvalue weighted by Crippen LogP contribution is -2.10. The number of carbonyl (C=O) groups is 1. The highest BCUT2D eigenvalue weighted by Crippen LogP contribution is 2.08. The highest BCUT2D eigenvalue weighted by atomic mass is 35.5. The van der Waals surface area contributed by atoms with Gasteiger partial charge in [-0.05, 0) is 24.3 Å². The molecule has 0 spiro atoms. The number of benzene rings is 1. The van der Waals surface area contributed by atoms with Crippen molar-refractivity contribution in [2.75, 3.05) is 0 Å². The summed E-state index contributed by atoms with van der Waals surface area (Å²) in [5.41, 5.74) is 5.46. The van der Waals surface area contributed by atoms with Crippen molar-refractivity contribution in [3.63, 3.8) is 0 Å². The summed E-state index contributed by atoms with van der Waals surface area (Å²) in [6.07, 6.45) is 0. The van der Waals surface area contributed by atoms with Gasteiger partial charge in [-0.15, -0.1) is 0 Å². The first-order chi connectivity index (χ1) is 4.70. The summed E-state index contributed by atoms with van der Waals surface area (Å²) in [6, 6.07) is 6.43. The number of amides is 1. The van der Waals surface area contributed by atoms with E-state index in [0.29, 0.717) is 10.6 Å². The Morgan fingerprint density at radius 1 is 1.30 bits per heavy atom. The molecule has 52 valence electrons. The Hall–Kier alpha value is -1.02. The van der Waals surface area contributed by atoms with E-state index >= 15 is 0 Å². The van der Waals surface area contributed by atoms with Crippen LogP contribution in [0.25, 0.3) is 0 Å². The second-order valence-corrected chi connectivity index (χ2v) is 2.31. The van der Waals surface area contributed by atoms with E-state index in [0.717, 1.165) is 0 Å². The molecular formula is C7H6ClNO. The molecule has 0 radical (unpaired) electrons. The van der Waals surface area contributed by atoms with Crippen LogP contribution < -0.4 is 5.73 Å². The Morgan fingerprint density at radius 3 is 2.20 bits per heavy atom. The molecule has 1 aromatic carbocycles. The van der Waals surface area contributed by atoms with E-state index in [-0.39, 0.29) is 0 Å². The molecule has 0 aromatic heterocycles. The van der Waals surface area contributed by atoms with Gasteiger partial charge < -0.3 is 5.73 Å². The Kier molecular flexibility index (Phi) is 1.92. The van der Waals surface area contributed by atoms with Crippen LogP contribution in [0.3, 0.4) is 0 Å². The van der Waals surface area contributed by atoms with Crippen molar-refractivity contribution >= 4 is 17.5 Å². The largest absolute Gasteiger partial charge is 0.366 e. The summed E-state index contributed by atoms with van der Waals surface area (Å²) in [4.78, 5) is 10.5. The fourth-order valence-corrected chi connectivity index (χ4v) is 0.740. The van der Waals surface area contributed by atoms with Crippen molar-refractivity contribution in [2.24, 2.45) is 5.73 Å². The first-order valence-electron chi connectivity index (χ1n) is 2.75. The third-order valence-corrected chi connectivity index (χ3v) is 1.38. The third-order valence-electron chi connectivity index (χ3n) is 1.13. The summed E-state index contributed by atoms with van der Waals surface area (Å²) in [5.74, 6) is -0.434. The molecule has 0 aliphatic carbocycles. The monoisotopic (exact) mass is 156 g/mol.